The average Bonchev–Trinajstić information content (AvgIpc) is 3.34. The normalized spacial score (nSPS) is 15.8. The van der Waals surface area contributed by atoms with Crippen LogP contribution >= 0.6 is 0 Å². The van der Waals surface area contributed by atoms with Crippen molar-refractivity contribution in [3.8, 4) is 17.3 Å². The molecule has 1 unspecified atom stereocenters. The van der Waals surface area contributed by atoms with E-state index in [1.54, 1.807) is 4.68 Å². The molecule has 2 aromatic heterocycles. The Balaban J connectivity index is 1.74. The highest BCUT2D eigenvalue weighted by molar-refractivity contribution is 5.83. The van der Waals surface area contributed by atoms with Gasteiger partial charge in [0.15, 0.2) is 0 Å². The molecule has 7 nitrogen and oxygen atoms in total. The van der Waals surface area contributed by atoms with Gasteiger partial charge in [-0.05, 0) is 43.4 Å². The summed E-state index contributed by atoms with van der Waals surface area (Å²) in [6, 6.07) is 18.9. The van der Waals surface area contributed by atoms with E-state index in [9.17, 15) is 5.26 Å². The van der Waals surface area contributed by atoms with Gasteiger partial charge in [-0.15, -0.1) is 5.10 Å². The molecule has 0 bridgehead atoms. The van der Waals surface area contributed by atoms with Crippen molar-refractivity contribution < 1.29 is 4.74 Å². The number of rotatable bonds is 4. The van der Waals surface area contributed by atoms with Gasteiger partial charge in [-0.1, -0.05) is 41.6 Å². The predicted molar refractivity (Wildman–Crippen MR) is 117 cm³/mol. The van der Waals surface area contributed by atoms with Crippen molar-refractivity contribution in [1.82, 2.24) is 24.5 Å². The minimum absolute atomic E-state index is 0.0192. The van der Waals surface area contributed by atoms with E-state index in [4.69, 9.17) is 4.74 Å². The van der Waals surface area contributed by atoms with E-state index in [-0.39, 0.29) is 6.04 Å². The molecule has 1 atom stereocenters. The molecule has 0 N–H and O–H groups in total. The van der Waals surface area contributed by atoms with Crippen molar-refractivity contribution >= 4 is 11.0 Å². The SMILES string of the molecule is Cc1nnn(C)c1-c1ccc2nc(C#N)n(C(c3ccccc3)C3CCOCC3)c2c1. The number of nitrogens with zero attached hydrogens (tertiary/aromatic N) is 6. The Hall–Kier alpha value is -3.50. The molecule has 3 heterocycles. The summed E-state index contributed by atoms with van der Waals surface area (Å²) in [5.41, 5.74) is 5.82. The first-order chi connectivity index (χ1) is 15.2. The van der Waals surface area contributed by atoms with Gasteiger partial charge in [-0.2, -0.15) is 5.26 Å². The minimum atomic E-state index is 0.0192. The lowest BCUT2D eigenvalue weighted by Gasteiger charge is -2.32. The first-order valence-electron chi connectivity index (χ1n) is 10.6. The van der Waals surface area contributed by atoms with Crippen LogP contribution in [0.2, 0.25) is 0 Å². The van der Waals surface area contributed by atoms with Crippen molar-refractivity contribution in [2.24, 2.45) is 13.0 Å². The summed E-state index contributed by atoms with van der Waals surface area (Å²) in [5.74, 6) is 0.803. The van der Waals surface area contributed by atoms with Crippen LogP contribution < -0.4 is 0 Å². The second-order valence-electron chi connectivity index (χ2n) is 8.07. The van der Waals surface area contributed by atoms with Gasteiger partial charge in [0.1, 0.15) is 6.07 Å². The molecule has 156 valence electrons. The largest absolute Gasteiger partial charge is 0.381 e. The van der Waals surface area contributed by atoms with Gasteiger partial charge in [0.05, 0.1) is 28.5 Å². The van der Waals surface area contributed by atoms with Crippen LogP contribution in [-0.4, -0.2) is 37.8 Å². The summed E-state index contributed by atoms with van der Waals surface area (Å²) in [4.78, 5) is 4.67. The van der Waals surface area contributed by atoms with E-state index in [2.05, 4.69) is 56.3 Å². The van der Waals surface area contributed by atoms with Crippen LogP contribution in [0.1, 0.15) is 36.0 Å². The maximum atomic E-state index is 9.97. The molecule has 0 amide bonds. The fraction of sp³-hybridized carbons (Fsp3) is 0.333. The molecule has 0 radical (unpaired) electrons. The van der Waals surface area contributed by atoms with Crippen molar-refractivity contribution in [3.05, 3.63) is 65.6 Å². The van der Waals surface area contributed by atoms with E-state index < -0.39 is 0 Å². The zero-order valence-electron chi connectivity index (χ0n) is 17.7. The standard InChI is InChI=1S/C24H24N6O/c1-16-23(29(2)28-27-16)19-8-9-20-21(14-19)30(22(15-25)26-20)24(17-6-4-3-5-7-17)18-10-12-31-13-11-18/h3-9,14,18,24H,10-13H2,1-2H3. The Morgan fingerprint density at radius 3 is 2.58 bits per heavy atom. The van der Waals surface area contributed by atoms with E-state index in [0.717, 1.165) is 54.0 Å². The third-order valence-corrected chi connectivity index (χ3v) is 6.19. The number of hydrogen-bond acceptors (Lipinski definition) is 5. The van der Waals surface area contributed by atoms with E-state index in [0.29, 0.717) is 11.7 Å². The van der Waals surface area contributed by atoms with Crippen LogP contribution in [0.3, 0.4) is 0 Å². The number of fused-ring (bicyclic) bond motifs is 1. The quantitative estimate of drug-likeness (QED) is 0.505. The second-order valence-corrected chi connectivity index (χ2v) is 8.07. The van der Waals surface area contributed by atoms with Crippen LogP contribution in [0.25, 0.3) is 22.3 Å². The third-order valence-electron chi connectivity index (χ3n) is 6.19. The van der Waals surface area contributed by atoms with Gasteiger partial charge >= 0.3 is 0 Å². The molecular weight excluding hydrogens is 388 g/mol. The molecule has 1 aliphatic heterocycles. The highest BCUT2D eigenvalue weighted by Gasteiger charge is 2.30. The molecule has 1 aliphatic rings. The molecule has 0 aliphatic carbocycles. The number of ether oxygens (including phenoxy) is 1. The fourth-order valence-corrected chi connectivity index (χ4v) is 4.77. The summed E-state index contributed by atoms with van der Waals surface area (Å²) < 4.78 is 9.55. The van der Waals surface area contributed by atoms with Crippen LogP contribution in [0.5, 0.6) is 0 Å². The maximum absolute atomic E-state index is 9.97. The van der Waals surface area contributed by atoms with Crippen molar-refractivity contribution in [3.63, 3.8) is 0 Å². The molecule has 31 heavy (non-hydrogen) atoms. The van der Waals surface area contributed by atoms with Gasteiger partial charge in [0.25, 0.3) is 0 Å². The summed E-state index contributed by atoms with van der Waals surface area (Å²) in [6.07, 6.45) is 1.91. The summed E-state index contributed by atoms with van der Waals surface area (Å²) in [7, 11) is 1.90. The molecule has 1 fully saturated rings. The van der Waals surface area contributed by atoms with Gasteiger partial charge in [-0.3, -0.25) is 0 Å². The molecule has 0 spiro atoms. The molecule has 0 saturated carbocycles. The smallest absolute Gasteiger partial charge is 0.214 e. The minimum Gasteiger partial charge on any atom is -0.381 e. The van der Waals surface area contributed by atoms with Crippen molar-refractivity contribution in [2.75, 3.05) is 13.2 Å². The van der Waals surface area contributed by atoms with E-state index >= 15 is 0 Å². The van der Waals surface area contributed by atoms with Crippen LogP contribution in [-0.2, 0) is 11.8 Å². The molecule has 5 rings (SSSR count). The number of aromatic nitrogens is 5. The highest BCUT2D eigenvalue weighted by Crippen LogP contribution is 2.38. The lowest BCUT2D eigenvalue weighted by molar-refractivity contribution is 0.0546. The Labute approximate surface area is 180 Å². The zero-order valence-corrected chi connectivity index (χ0v) is 17.7. The topological polar surface area (TPSA) is 81.5 Å². The van der Waals surface area contributed by atoms with Gasteiger partial charge < -0.3 is 9.30 Å². The summed E-state index contributed by atoms with van der Waals surface area (Å²) in [6.45, 7) is 3.45. The Bertz CT molecular complexity index is 1240. The number of hydrogen-bond donors (Lipinski definition) is 0. The number of benzene rings is 2. The monoisotopic (exact) mass is 412 g/mol. The average molecular weight is 412 g/mol. The van der Waals surface area contributed by atoms with Crippen LogP contribution in [0, 0.1) is 24.2 Å². The predicted octanol–water partition coefficient (Wildman–Crippen LogP) is 4.03. The lowest BCUT2D eigenvalue weighted by Crippen LogP contribution is -2.27. The first-order valence-corrected chi connectivity index (χ1v) is 10.6. The summed E-state index contributed by atoms with van der Waals surface area (Å²) in [5, 5.41) is 18.3. The van der Waals surface area contributed by atoms with Gasteiger partial charge in [-0.25, -0.2) is 9.67 Å². The first kappa shape index (κ1) is 19.5. The summed E-state index contributed by atoms with van der Waals surface area (Å²) >= 11 is 0. The molecule has 2 aromatic carbocycles. The van der Waals surface area contributed by atoms with Crippen LogP contribution in [0.4, 0.5) is 0 Å². The van der Waals surface area contributed by atoms with E-state index in [1.165, 1.54) is 5.56 Å². The van der Waals surface area contributed by atoms with E-state index in [1.807, 2.05) is 32.2 Å². The Morgan fingerprint density at radius 1 is 1.13 bits per heavy atom. The second kappa shape index (κ2) is 7.97. The van der Waals surface area contributed by atoms with Crippen molar-refractivity contribution in [2.45, 2.75) is 25.8 Å². The van der Waals surface area contributed by atoms with Crippen molar-refractivity contribution in [1.29, 1.82) is 5.26 Å². The number of nitriles is 1. The molecule has 1 saturated heterocycles. The highest BCUT2D eigenvalue weighted by atomic mass is 16.5. The third kappa shape index (κ3) is 3.39. The number of imidazole rings is 1. The Morgan fingerprint density at radius 2 is 1.90 bits per heavy atom. The molecule has 7 heteroatoms. The van der Waals surface area contributed by atoms with Crippen LogP contribution in [0.15, 0.2) is 48.5 Å². The van der Waals surface area contributed by atoms with Gasteiger partial charge in [0, 0.05) is 25.8 Å². The lowest BCUT2D eigenvalue weighted by atomic mass is 9.86. The number of aryl methyl sites for hydroxylation is 2. The molecule has 4 aromatic rings. The maximum Gasteiger partial charge on any atom is 0.214 e. The fourth-order valence-electron chi connectivity index (χ4n) is 4.77. The zero-order chi connectivity index (χ0) is 21.4. The molecular formula is C24H24N6O. The van der Waals surface area contributed by atoms with Gasteiger partial charge in [0.2, 0.25) is 5.82 Å². The Kier molecular flexibility index (Phi) is 5.00.